The van der Waals surface area contributed by atoms with Crippen molar-refractivity contribution in [2.45, 2.75) is 18.9 Å². The summed E-state index contributed by atoms with van der Waals surface area (Å²) < 4.78 is 10.4. The van der Waals surface area contributed by atoms with Crippen molar-refractivity contribution >= 4 is 23.9 Å². The molecule has 1 aromatic rings. The number of likely N-dealkylation sites (tertiary alicyclic amines) is 1. The van der Waals surface area contributed by atoms with Gasteiger partial charge >= 0.3 is 5.97 Å². The molecule has 1 atom stereocenters. The molecule has 0 aromatic heterocycles. The van der Waals surface area contributed by atoms with Gasteiger partial charge in [-0.25, -0.2) is 0 Å². The van der Waals surface area contributed by atoms with Gasteiger partial charge in [0.15, 0.2) is 6.29 Å². The maximum Gasteiger partial charge on any atom is 0.323 e. The van der Waals surface area contributed by atoms with Crippen molar-refractivity contribution < 1.29 is 19.1 Å². The summed E-state index contributed by atoms with van der Waals surface area (Å²) in [7, 11) is 1.41. The highest BCUT2D eigenvalue weighted by Crippen LogP contribution is 2.22. The maximum atomic E-state index is 11.6. The number of carbonyl (C=O) groups is 2. The zero-order chi connectivity index (χ0) is 15.2. The van der Waals surface area contributed by atoms with E-state index in [2.05, 4.69) is 4.90 Å². The van der Waals surface area contributed by atoms with Crippen molar-refractivity contribution in [3.8, 4) is 5.75 Å². The molecule has 1 aliphatic rings. The van der Waals surface area contributed by atoms with E-state index in [9.17, 15) is 9.59 Å². The lowest BCUT2D eigenvalue weighted by atomic mass is 10.2. The van der Waals surface area contributed by atoms with E-state index in [1.807, 2.05) is 0 Å². The molecule has 1 fully saturated rings. The lowest BCUT2D eigenvalue weighted by molar-refractivity contribution is -0.145. The van der Waals surface area contributed by atoms with E-state index in [0.29, 0.717) is 35.8 Å². The first-order chi connectivity index (χ1) is 10.2. The van der Waals surface area contributed by atoms with E-state index in [-0.39, 0.29) is 12.0 Å². The number of ether oxygens (including phenoxy) is 2. The first-order valence-corrected chi connectivity index (χ1v) is 7.23. The Hall–Kier alpha value is -1.59. The fraction of sp³-hybridized carbons (Fsp3) is 0.467. The first-order valence-electron chi connectivity index (χ1n) is 6.85. The maximum absolute atomic E-state index is 11.6. The minimum absolute atomic E-state index is 0.167. The Balaban J connectivity index is 1.85. The van der Waals surface area contributed by atoms with Gasteiger partial charge in [-0.3, -0.25) is 14.5 Å². The highest BCUT2D eigenvalue weighted by Gasteiger charge is 2.30. The molecule has 1 aliphatic heterocycles. The summed E-state index contributed by atoms with van der Waals surface area (Å²) in [6, 6.07) is 4.78. The predicted octanol–water partition coefficient (Wildman–Crippen LogP) is 2.17. The van der Waals surface area contributed by atoms with Gasteiger partial charge in [0.05, 0.1) is 12.1 Å². The predicted molar refractivity (Wildman–Crippen MR) is 78.9 cm³/mol. The van der Waals surface area contributed by atoms with Crippen LogP contribution in [0, 0.1) is 0 Å². The number of methoxy groups -OCH3 is 1. The van der Waals surface area contributed by atoms with Gasteiger partial charge in [0, 0.05) is 12.1 Å². The third kappa shape index (κ3) is 3.95. The lowest BCUT2D eigenvalue weighted by Gasteiger charge is -2.22. The monoisotopic (exact) mass is 311 g/mol. The molecule has 0 aliphatic carbocycles. The van der Waals surface area contributed by atoms with Gasteiger partial charge in [0.25, 0.3) is 0 Å². The molecule has 0 amide bonds. The summed E-state index contributed by atoms with van der Waals surface area (Å²) in [5, 5.41) is 0.371. The van der Waals surface area contributed by atoms with Gasteiger partial charge in [-0.1, -0.05) is 11.6 Å². The van der Waals surface area contributed by atoms with Gasteiger partial charge in [0.2, 0.25) is 0 Å². The SMILES string of the molecule is COC(=O)[C@@H]1CCCN1CCOc1ccc(C=O)c(Cl)c1. The van der Waals surface area contributed by atoms with Gasteiger partial charge in [-0.05, 0) is 37.6 Å². The molecule has 21 heavy (non-hydrogen) atoms. The van der Waals surface area contributed by atoms with E-state index in [4.69, 9.17) is 21.1 Å². The number of benzene rings is 1. The highest BCUT2D eigenvalue weighted by molar-refractivity contribution is 6.33. The molecule has 1 heterocycles. The van der Waals surface area contributed by atoms with E-state index in [0.717, 1.165) is 19.4 Å². The standard InChI is InChI=1S/C15H18ClNO4/c1-20-15(19)14-3-2-6-17(14)7-8-21-12-5-4-11(10-18)13(16)9-12/h4-5,9-10,14H,2-3,6-8H2,1H3/t14-/m0/s1. The smallest absolute Gasteiger partial charge is 0.323 e. The van der Waals surface area contributed by atoms with E-state index >= 15 is 0 Å². The van der Waals surface area contributed by atoms with Crippen LogP contribution in [0.15, 0.2) is 18.2 Å². The summed E-state index contributed by atoms with van der Waals surface area (Å²) in [5.74, 6) is 0.422. The Bertz CT molecular complexity index is 520. The summed E-state index contributed by atoms with van der Waals surface area (Å²) in [4.78, 5) is 24.4. The zero-order valence-corrected chi connectivity index (χ0v) is 12.6. The summed E-state index contributed by atoms with van der Waals surface area (Å²) >= 11 is 5.94. The molecule has 0 saturated carbocycles. The van der Waals surface area contributed by atoms with Crippen molar-refractivity contribution in [2.75, 3.05) is 26.8 Å². The summed E-state index contributed by atoms with van der Waals surface area (Å²) in [6.07, 6.45) is 2.52. The largest absolute Gasteiger partial charge is 0.492 e. The van der Waals surface area contributed by atoms with Crippen molar-refractivity contribution in [3.05, 3.63) is 28.8 Å². The number of rotatable bonds is 6. The average molecular weight is 312 g/mol. The van der Waals surface area contributed by atoms with Crippen LogP contribution in [0.1, 0.15) is 23.2 Å². The summed E-state index contributed by atoms with van der Waals surface area (Å²) in [6.45, 7) is 1.96. The molecule has 0 unspecified atom stereocenters. The van der Waals surface area contributed by atoms with Gasteiger partial charge in [-0.2, -0.15) is 0 Å². The second kappa shape index (κ2) is 7.43. The Morgan fingerprint density at radius 2 is 2.33 bits per heavy atom. The van der Waals surface area contributed by atoms with Gasteiger partial charge in [0.1, 0.15) is 18.4 Å². The fourth-order valence-electron chi connectivity index (χ4n) is 2.47. The Morgan fingerprint density at radius 3 is 3.00 bits per heavy atom. The molecule has 2 rings (SSSR count). The van der Waals surface area contributed by atoms with E-state index in [1.165, 1.54) is 7.11 Å². The minimum atomic E-state index is -0.189. The van der Waals surface area contributed by atoms with Crippen LogP contribution in [0.25, 0.3) is 0 Å². The molecule has 0 N–H and O–H groups in total. The molecular formula is C15H18ClNO4. The zero-order valence-electron chi connectivity index (χ0n) is 11.9. The average Bonchev–Trinajstić information content (AvgIpc) is 2.95. The number of hydrogen-bond acceptors (Lipinski definition) is 5. The number of esters is 1. The first kappa shape index (κ1) is 15.8. The number of halogens is 1. The van der Waals surface area contributed by atoms with Crippen LogP contribution >= 0.6 is 11.6 Å². The number of carbonyl (C=O) groups excluding carboxylic acids is 2. The van der Waals surface area contributed by atoms with Crippen molar-refractivity contribution in [1.82, 2.24) is 4.90 Å². The molecule has 0 radical (unpaired) electrons. The van der Waals surface area contributed by atoms with Gasteiger partial charge in [-0.15, -0.1) is 0 Å². The molecule has 1 saturated heterocycles. The van der Waals surface area contributed by atoms with Crippen LogP contribution in [-0.4, -0.2) is 50.0 Å². The number of nitrogens with zero attached hydrogens (tertiary/aromatic N) is 1. The molecule has 114 valence electrons. The lowest BCUT2D eigenvalue weighted by Crippen LogP contribution is -2.39. The van der Waals surface area contributed by atoms with Crippen LogP contribution < -0.4 is 4.74 Å². The normalized spacial score (nSPS) is 18.5. The fourth-order valence-corrected chi connectivity index (χ4v) is 2.69. The highest BCUT2D eigenvalue weighted by atomic mass is 35.5. The third-order valence-electron chi connectivity index (χ3n) is 3.58. The topological polar surface area (TPSA) is 55.8 Å². The number of aldehydes is 1. The van der Waals surface area contributed by atoms with Gasteiger partial charge < -0.3 is 9.47 Å². The molecular weight excluding hydrogens is 294 g/mol. The minimum Gasteiger partial charge on any atom is -0.492 e. The van der Waals surface area contributed by atoms with Crippen molar-refractivity contribution in [1.29, 1.82) is 0 Å². The number of hydrogen-bond donors (Lipinski definition) is 0. The molecule has 6 heteroatoms. The molecule has 0 bridgehead atoms. The van der Waals surface area contributed by atoms with Crippen LogP contribution in [0.5, 0.6) is 5.75 Å². The second-order valence-corrected chi connectivity index (χ2v) is 5.27. The van der Waals surface area contributed by atoms with Crippen molar-refractivity contribution in [2.24, 2.45) is 0 Å². The molecule has 5 nitrogen and oxygen atoms in total. The van der Waals surface area contributed by atoms with Crippen LogP contribution in [-0.2, 0) is 9.53 Å². The quantitative estimate of drug-likeness (QED) is 0.595. The van der Waals surface area contributed by atoms with Crippen molar-refractivity contribution in [3.63, 3.8) is 0 Å². The Labute approximate surface area is 128 Å². The Morgan fingerprint density at radius 1 is 1.52 bits per heavy atom. The van der Waals surface area contributed by atoms with Crippen LogP contribution in [0.3, 0.4) is 0 Å². The van der Waals surface area contributed by atoms with E-state index in [1.54, 1.807) is 18.2 Å². The third-order valence-corrected chi connectivity index (χ3v) is 3.91. The molecule has 1 aromatic carbocycles. The van der Waals surface area contributed by atoms with Crippen LogP contribution in [0.2, 0.25) is 5.02 Å². The van der Waals surface area contributed by atoms with E-state index < -0.39 is 0 Å². The summed E-state index contributed by atoms with van der Waals surface area (Å²) in [5.41, 5.74) is 0.439. The Kier molecular flexibility index (Phi) is 5.59. The molecule has 0 spiro atoms. The second-order valence-electron chi connectivity index (χ2n) is 4.87. The van der Waals surface area contributed by atoms with Crippen LogP contribution in [0.4, 0.5) is 0 Å².